The van der Waals surface area contributed by atoms with Gasteiger partial charge in [0.05, 0.1) is 13.2 Å². The van der Waals surface area contributed by atoms with Crippen LogP contribution in [0.25, 0.3) is 0 Å². The number of hydrogen-bond acceptors (Lipinski definition) is 3. The van der Waals surface area contributed by atoms with Crippen molar-refractivity contribution < 1.29 is 14.3 Å². The molecule has 0 aromatic rings. The Bertz CT molecular complexity index is 360. The molecule has 3 nitrogen and oxygen atoms in total. The average molecular weight is 417 g/mol. The number of halogens is 1. The standard InChI is InChI=1S/C21H37BrO3/c1-3-5-7-8-9-11-14-18-24-20(16-6-4-2)21(23)25-19-15-12-10-13-17-22/h20H,3-8,10,12-19H2,1-2H3. The third-order valence-corrected chi connectivity index (χ3v) is 4.49. The van der Waals surface area contributed by atoms with Gasteiger partial charge in [0.25, 0.3) is 0 Å². The molecule has 0 radical (unpaired) electrons. The lowest BCUT2D eigenvalue weighted by atomic mass is 10.1. The van der Waals surface area contributed by atoms with Crippen molar-refractivity contribution >= 4 is 21.9 Å². The number of alkyl halides is 1. The summed E-state index contributed by atoms with van der Waals surface area (Å²) < 4.78 is 11.1. The molecule has 0 aromatic heterocycles. The maximum absolute atomic E-state index is 12.2. The molecule has 1 atom stereocenters. The van der Waals surface area contributed by atoms with Crippen molar-refractivity contribution in [3.8, 4) is 11.8 Å². The number of hydrogen-bond donors (Lipinski definition) is 0. The lowest BCUT2D eigenvalue weighted by molar-refractivity contribution is -0.157. The first-order chi connectivity index (χ1) is 12.3. The molecular formula is C21H37BrO3. The van der Waals surface area contributed by atoms with Gasteiger partial charge >= 0.3 is 5.97 Å². The van der Waals surface area contributed by atoms with E-state index in [1.807, 2.05) is 0 Å². The smallest absolute Gasteiger partial charge is 0.335 e. The first-order valence-electron chi connectivity index (χ1n) is 10.1. The molecule has 0 aliphatic rings. The van der Waals surface area contributed by atoms with Gasteiger partial charge in [0, 0.05) is 18.2 Å². The summed E-state index contributed by atoms with van der Waals surface area (Å²) in [6.07, 6.45) is 12.0. The van der Waals surface area contributed by atoms with E-state index in [1.165, 1.54) is 32.1 Å². The van der Waals surface area contributed by atoms with Crippen LogP contribution in [0.3, 0.4) is 0 Å². The summed E-state index contributed by atoms with van der Waals surface area (Å²) in [7, 11) is 0. The number of ether oxygens (including phenoxy) is 2. The summed E-state index contributed by atoms with van der Waals surface area (Å²) in [5.41, 5.74) is 0. The second-order valence-corrected chi connectivity index (χ2v) is 7.13. The third kappa shape index (κ3) is 16.7. The Morgan fingerprint density at radius 1 is 0.880 bits per heavy atom. The van der Waals surface area contributed by atoms with Crippen molar-refractivity contribution in [2.24, 2.45) is 0 Å². The number of rotatable bonds is 16. The largest absolute Gasteiger partial charge is 0.464 e. The first kappa shape index (κ1) is 24.5. The van der Waals surface area contributed by atoms with Gasteiger partial charge in [0.1, 0.15) is 0 Å². The molecule has 146 valence electrons. The fourth-order valence-corrected chi connectivity index (χ4v) is 2.76. The molecule has 0 aliphatic carbocycles. The Morgan fingerprint density at radius 3 is 2.32 bits per heavy atom. The summed E-state index contributed by atoms with van der Waals surface area (Å²) in [4.78, 5) is 12.2. The van der Waals surface area contributed by atoms with Gasteiger partial charge in [-0.1, -0.05) is 68.3 Å². The highest BCUT2D eigenvalue weighted by Crippen LogP contribution is 2.09. The van der Waals surface area contributed by atoms with Crippen LogP contribution in [0.5, 0.6) is 0 Å². The zero-order valence-corrected chi connectivity index (χ0v) is 17.9. The molecule has 4 heteroatoms. The maximum Gasteiger partial charge on any atom is 0.335 e. The minimum absolute atomic E-state index is 0.204. The van der Waals surface area contributed by atoms with Gasteiger partial charge in [-0.25, -0.2) is 4.79 Å². The maximum atomic E-state index is 12.2. The van der Waals surface area contributed by atoms with E-state index in [1.54, 1.807) is 0 Å². The van der Waals surface area contributed by atoms with E-state index >= 15 is 0 Å². The minimum Gasteiger partial charge on any atom is -0.464 e. The third-order valence-electron chi connectivity index (χ3n) is 3.93. The van der Waals surface area contributed by atoms with E-state index in [4.69, 9.17) is 9.47 Å². The lowest BCUT2D eigenvalue weighted by Gasteiger charge is -2.16. The Morgan fingerprint density at radius 2 is 1.60 bits per heavy atom. The Kier molecular flexibility index (Phi) is 19.4. The van der Waals surface area contributed by atoms with Crippen LogP contribution >= 0.6 is 15.9 Å². The molecule has 0 bridgehead atoms. The number of esters is 1. The van der Waals surface area contributed by atoms with E-state index in [9.17, 15) is 4.79 Å². The normalized spacial score (nSPS) is 11.6. The molecular weight excluding hydrogens is 380 g/mol. The number of carbonyl (C=O) groups excluding carboxylic acids is 1. The van der Waals surface area contributed by atoms with E-state index in [0.717, 1.165) is 43.9 Å². The first-order valence-corrected chi connectivity index (χ1v) is 11.2. The van der Waals surface area contributed by atoms with Crippen molar-refractivity contribution in [3.63, 3.8) is 0 Å². The van der Waals surface area contributed by atoms with Crippen molar-refractivity contribution in [1.82, 2.24) is 0 Å². The quantitative estimate of drug-likeness (QED) is 0.133. The molecule has 0 saturated carbocycles. The Hall–Kier alpha value is -0.530. The SMILES string of the molecule is CCCCCC#CCCOC(CCCC)C(=O)OCCCCCCBr. The summed E-state index contributed by atoms with van der Waals surface area (Å²) in [5.74, 6) is 6.11. The second-order valence-electron chi connectivity index (χ2n) is 6.33. The topological polar surface area (TPSA) is 35.5 Å². The van der Waals surface area contributed by atoms with Gasteiger partial charge < -0.3 is 9.47 Å². The number of unbranched alkanes of at least 4 members (excludes halogenated alkanes) is 7. The Labute approximate surface area is 163 Å². The predicted octanol–water partition coefficient (Wildman–Crippen LogP) is 6.03. The molecule has 25 heavy (non-hydrogen) atoms. The summed E-state index contributed by atoms with van der Waals surface area (Å²) >= 11 is 3.42. The lowest BCUT2D eigenvalue weighted by Crippen LogP contribution is -2.27. The summed E-state index contributed by atoms with van der Waals surface area (Å²) in [6, 6.07) is 0. The van der Waals surface area contributed by atoms with Gasteiger partial charge in [0.15, 0.2) is 6.10 Å². The van der Waals surface area contributed by atoms with Crippen molar-refractivity contribution in [2.75, 3.05) is 18.5 Å². The van der Waals surface area contributed by atoms with Gasteiger partial charge in [-0.15, -0.1) is 11.8 Å². The highest BCUT2D eigenvalue weighted by Gasteiger charge is 2.19. The van der Waals surface area contributed by atoms with Crippen LogP contribution in [0.4, 0.5) is 0 Å². The van der Waals surface area contributed by atoms with Gasteiger partial charge in [-0.05, 0) is 25.7 Å². The molecule has 1 unspecified atom stereocenters. The van der Waals surface area contributed by atoms with Crippen LogP contribution in [-0.4, -0.2) is 30.6 Å². The van der Waals surface area contributed by atoms with E-state index in [0.29, 0.717) is 19.6 Å². The summed E-state index contributed by atoms with van der Waals surface area (Å²) in [6.45, 7) is 5.33. The highest BCUT2D eigenvalue weighted by molar-refractivity contribution is 9.09. The fraction of sp³-hybridized carbons (Fsp3) is 0.857. The molecule has 0 N–H and O–H groups in total. The van der Waals surface area contributed by atoms with Crippen molar-refractivity contribution in [1.29, 1.82) is 0 Å². The zero-order chi connectivity index (χ0) is 18.6. The molecule has 0 fully saturated rings. The van der Waals surface area contributed by atoms with Crippen molar-refractivity contribution in [2.45, 2.75) is 97.0 Å². The van der Waals surface area contributed by atoms with Crippen LogP contribution in [0.15, 0.2) is 0 Å². The highest BCUT2D eigenvalue weighted by atomic mass is 79.9. The van der Waals surface area contributed by atoms with Crippen molar-refractivity contribution in [3.05, 3.63) is 0 Å². The number of carbonyl (C=O) groups is 1. The van der Waals surface area contributed by atoms with Crippen LogP contribution < -0.4 is 0 Å². The minimum atomic E-state index is -0.426. The van der Waals surface area contributed by atoms with Gasteiger partial charge in [-0.3, -0.25) is 0 Å². The average Bonchev–Trinajstić information content (AvgIpc) is 2.62. The van der Waals surface area contributed by atoms with Crippen LogP contribution in [0, 0.1) is 11.8 Å². The van der Waals surface area contributed by atoms with E-state index in [-0.39, 0.29) is 5.97 Å². The summed E-state index contributed by atoms with van der Waals surface area (Å²) in [5, 5.41) is 1.04. The van der Waals surface area contributed by atoms with E-state index in [2.05, 4.69) is 41.6 Å². The molecule has 0 saturated heterocycles. The molecule has 0 aromatic carbocycles. The second kappa shape index (κ2) is 19.8. The molecule has 0 spiro atoms. The predicted molar refractivity (Wildman–Crippen MR) is 109 cm³/mol. The van der Waals surface area contributed by atoms with Gasteiger partial charge in [-0.2, -0.15) is 0 Å². The van der Waals surface area contributed by atoms with Gasteiger partial charge in [0.2, 0.25) is 0 Å². The molecule has 0 aliphatic heterocycles. The Balaban J connectivity index is 3.94. The van der Waals surface area contributed by atoms with Crippen LogP contribution in [0.2, 0.25) is 0 Å². The molecule has 0 heterocycles. The zero-order valence-electron chi connectivity index (χ0n) is 16.3. The van der Waals surface area contributed by atoms with Crippen LogP contribution in [0.1, 0.15) is 90.9 Å². The fourth-order valence-electron chi connectivity index (χ4n) is 2.37. The van der Waals surface area contributed by atoms with E-state index < -0.39 is 6.10 Å². The molecule has 0 rings (SSSR count). The monoisotopic (exact) mass is 416 g/mol. The molecule has 0 amide bonds. The van der Waals surface area contributed by atoms with Crippen LogP contribution in [-0.2, 0) is 14.3 Å².